The fourth-order valence-corrected chi connectivity index (χ4v) is 4.65. The average molecular weight is 404 g/mol. The van der Waals surface area contributed by atoms with Gasteiger partial charge in [-0.1, -0.05) is 0 Å². The first-order chi connectivity index (χ1) is 11.1. The van der Waals surface area contributed by atoms with Gasteiger partial charge in [-0.3, -0.25) is 4.79 Å². The van der Waals surface area contributed by atoms with Crippen molar-refractivity contribution in [1.29, 1.82) is 0 Å². The summed E-state index contributed by atoms with van der Waals surface area (Å²) >= 11 is 1.51. The largest absolute Gasteiger partial charge is 0.462 e. The van der Waals surface area contributed by atoms with Crippen molar-refractivity contribution in [1.82, 2.24) is 15.2 Å². The Labute approximate surface area is 164 Å². The highest BCUT2D eigenvalue weighted by Gasteiger charge is 2.37. The molecule has 2 aromatic rings. The van der Waals surface area contributed by atoms with Gasteiger partial charge in [-0.05, 0) is 44.7 Å². The molecule has 1 N–H and O–H groups in total. The van der Waals surface area contributed by atoms with Gasteiger partial charge in [0, 0.05) is 30.1 Å². The summed E-state index contributed by atoms with van der Waals surface area (Å²) in [5.41, 5.74) is 0.565. The first kappa shape index (κ1) is 20.2. The van der Waals surface area contributed by atoms with Crippen molar-refractivity contribution >= 4 is 42.1 Å². The molecule has 25 heavy (non-hydrogen) atoms. The van der Waals surface area contributed by atoms with Gasteiger partial charge in [0.15, 0.2) is 10.8 Å². The number of halogens is 2. The van der Waals surface area contributed by atoms with Crippen LogP contribution in [0.4, 0.5) is 0 Å². The van der Waals surface area contributed by atoms with Crippen molar-refractivity contribution in [2.45, 2.75) is 50.7 Å². The van der Waals surface area contributed by atoms with Gasteiger partial charge in [0.25, 0.3) is 5.91 Å². The van der Waals surface area contributed by atoms with Gasteiger partial charge in [0.2, 0.25) is 0 Å². The van der Waals surface area contributed by atoms with Crippen LogP contribution < -0.4 is 5.32 Å². The highest BCUT2D eigenvalue weighted by molar-refractivity contribution is 7.15. The van der Waals surface area contributed by atoms with Gasteiger partial charge in [-0.2, -0.15) is 0 Å². The van der Waals surface area contributed by atoms with Crippen LogP contribution in [0.25, 0.3) is 10.8 Å². The zero-order valence-electron chi connectivity index (χ0n) is 14.2. The number of thiazole rings is 1. The molecule has 0 aromatic carbocycles. The Balaban J connectivity index is 0.00000113. The molecule has 2 bridgehead atoms. The van der Waals surface area contributed by atoms with Crippen molar-refractivity contribution in [3.8, 4) is 10.8 Å². The van der Waals surface area contributed by atoms with Crippen LogP contribution in [-0.4, -0.2) is 41.0 Å². The fourth-order valence-electron chi connectivity index (χ4n) is 3.78. The third-order valence-electron chi connectivity index (χ3n) is 5.05. The lowest BCUT2D eigenvalue weighted by Gasteiger charge is -2.35. The van der Waals surface area contributed by atoms with Crippen LogP contribution in [0.3, 0.4) is 0 Å². The second-order valence-electron chi connectivity index (χ2n) is 6.58. The smallest absolute Gasteiger partial charge is 0.273 e. The maximum Gasteiger partial charge on any atom is 0.273 e. The van der Waals surface area contributed by atoms with E-state index >= 15 is 0 Å². The summed E-state index contributed by atoms with van der Waals surface area (Å²) in [5, 5.41) is 4.40. The molecule has 2 saturated heterocycles. The van der Waals surface area contributed by atoms with Crippen molar-refractivity contribution in [2.24, 2.45) is 0 Å². The van der Waals surface area contributed by atoms with Crippen LogP contribution in [0.2, 0.25) is 0 Å². The van der Waals surface area contributed by atoms with Crippen molar-refractivity contribution in [2.75, 3.05) is 7.05 Å². The topological polar surface area (TPSA) is 58.4 Å². The third-order valence-corrected chi connectivity index (χ3v) is 6.03. The number of carbonyl (C=O) groups is 1. The van der Waals surface area contributed by atoms with E-state index in [1.807, 2.05) is 31.0 Å². The minimum atomic E-state index is 0. The summed E-state index contributed by atoms with van der Waals surface area (Å²) in [7, 11) is 1.92. The highest BCUT2D eigenvalue weighted by atomic mass is 35.5. The number of hydrogen-bond donors (Lipinski definition) is 1. The van der Waals surface area contributed by atoms with Gasteiger partial charge in [0.05, 0.1) is 6.26 Å². The van der Waals surface area contributed by atoms with Crippen LogP contribution in [0.1, 0.15) is 41.0 Å². The maximum atomic E-state index is 12.9. The van der Waals surface area contributed by atoms with Crippen LogP contribution in [0, 0.1) is 6.92 Å². The molecule has 0 saturated carbocycles. The number of furan rings is 1. The molecule has 8 heteroatoms. The Morgan fingerprint density at radius 1 is 1.32 bits per heavy atom. The van der Waals surface area contributed by atoms with Crippen LogP contribution in [-0.2, 0) is 0 Å². The standard InChI is InChI=1S/C17H21N3O2S.2ClH/c1-10-15(19-16(23-10)14-4-3-7-22-14)17(21)20(2)13-8-11-5-6-12(9-13)18-11;;/h3-4,7,11-13,18H,5-6,8-9H2,1-2H3;2*1H. The predicted molar refractivity (Wildman–Crippen MR) is 104 cm³/mol. The predicted octanol–water partition coefficient (Wildman–Crippen LogP) is 3.91. The van der Waals surface area contributed by atoms with Gasteiger partial charge in [-0.25, -0.2) is 4.98 Å². The zero-order chi connectivity index (χ0) is 16.0. The molecule has 1 amide bonds. The minimum absolute atomic E-state index is 0. The molecule has 138 valence electrons. The number of rotatable bonds is 3. The molecule has 2 aromatic heterocycles. The van der Waals surface area contributed by atoms with E-state index in [0.29, 0.717) is 23.8 Å². The van der Waals surface area contributed by atoms with E-state index in [1.165, 1.54) is 24.2 Å². The molecule has 4 rings (SSSR count). The lowest BCUT2D eigenvalue weighted by atomic mass is 9.98. The number of nitrogens with one attached hydrogen (secondary N) is 1. The number of amides is 1. The van der Waals surface area contributed by atoms with E-state index in [2.05, 4.69) is 10.3 Å². The Morgan fingerprint density at radius 2 is 2.00 bits per heavy atom. The molecule has 0 radical (unpaired) electrons. The summed E-state index contributed by atoms with van der Waals surface area (Å²) < 4.78 is 5.40. The van der Waals surface area contributed by atoms with Gasteiger partial charge >= 0.3 is 0 Å². The lowest BCUT2D eigenvalue weighted by Crippen LogP contribution is -2.48. The first-order valence-electron chi connectivity index (χ1n) is 8.16. The van der Waals surface area contributed by atoms with Gasteiger partial charge in [-0.15, -0.1) is 36.2 Å². The van der Waals surface area contributed by atoms with Crippen LogP contribution >= 0.6 is 36.2 Å². The normalized spacial score (nSPS) is 24.3. The Bertz CT molecular complexity index is 708. The van der Waals surface area contributed by atoms with Gasteiger partial charge in [0.1, 0.15) is 5.69 Å². The Hall–Kier alpha value is -1.08. The number of nitrogens with zero attached hydrogens (tertiary/aromatic N) is 2. The second-order valence-corrected chi connectivity index (χ2v) is 7.78. The zero-order valence-corrected chi connectivity index (χ0v) is 16.7. The van der Waals surface area contributed by atoms with Crippen molar-refractivity contribution in [3.05, 3.63) is 29.0 Å². The summed E-state index contributed by atoms with van der Waals surface area (Å²) in [4.78, 5) is 20.3. The number of fused-ring (bicyclic) bond motifs is 2. The second kappa shape index (κ2) is 8.08. The molecule has 5 nitrogen and oxygen atoms in total. The van der Waals surface area contributed by atoms with E-state index in [1.54, 1.807) is 6.26 Å². The number of aromatic nitrogens is 1. The number of aryl methyl sites for hydroxylation is 1. The fraction of sp³-hybridized carbons (Fsp3) is 0.529. The maximum absolute atomic E-state index is 12.9. The van der Waals surface area contributed by atoms with Crippen molar-refractivity contribution < 1.29 is 9.21 Å². The Kier molecular flexibility index (Phi) is 6.54. The minimum Gasteiger partial charge on any atom is -0.462 e. The highest BCUT2D eigenvalue weighted by Crippen LogP contribution is 2.32. The summed E-state index contributed by atoms with van der Waals surface area (Å²) in [6.45, 7) is 1.96. The molecular formula is C17H23Cl2N3O2S. The molecular weight excluding hydrogens is 381 g/mol. The molecule has 0 aliphatic carbocycles. The third kappa shape index (κ3) is 3.87. The molecule has 2 aliphatic rings. The number of carbonyl (C=O) groups excluding carboxylic acids is 1. The molecule has 2 unspecified atom stereocenters. The van der Waals surface area contributed by atoms with Crippen molar-refractivity contribution in [3.63, 3.8) is 0 Å². The molecule has 2 atom stereocenters. The lowest BCUT2D eigenvalue weighted by molar-refractivity contribution is 0.0676. The number of piperidine rings is 1. The monoisotopic (exact) mass is 403 g/mol. The summed E-state index contributed by atoms with van der Waals surface area (Å²) in [5.74, 6) is 0.752. The van der Waals surface area contributed by atoms with E-state index in [4.69, 9.17) is 4.42 Å². The first-order valence-corrected chi connectivity index (χ1v) is 8.98. The van der Waals surface area contributed by atoms with Crippen LogP contribution in [0.5, 0.6) is 0 Å². The van der Waals surface area contributed by atoms with Crippen LogP contribution in [0.15, 0.2) is 22.8 Å². The molecule has 4 heterocycles. The molecule has 2 aliphatic heterocycles. The van der Waals surface area contributed by atoms with E-state index < -0.39 is 0 Å². The average Bonchev–Trinajstić information content (AvgIpc) is 3.26. The SMILES string of the molecule is Cc1sc(-c2ccco2)nc1C(=O)N(C)C1CC2CCC(C1)N2.Cl.Cl. The van der Waals surface area contributed by atoms with E-state index in [0.717, 1.165) is 28.5 Å². The summed E-state index contributed by atoms with van der Waals surface area (Å²) in [6, 6.07) is 5.17. The molecule has 0 spiro atoms. The molecule has 2 fully saturated rings. The van der Waals surface area contributed by atoms with E-state index in [-0.39, 0.29) is 30.7 Å². The summed E-state index contributed by atoms with van der Waals surface area (Å²) in [6.07, 6.45) is 6.20. The van der Waals surface area contributed by atoms with E-state index in [9.17, 15) is 4.79 Å². The quantitative estimate of drug-likeness (QED) is 0.843. The number of hydrogen-bond acceptors (Lipinski definition) is 5. The Morgan fingerprint density at radius 3 is 2.60 bits per heavy atom. The van der Waals surface area contributed by atoms with Gasteiger partial charge < -0.3 is 14.6 Å².